The molecule has 3 rings (SSSR count). The first-order valence-corrected chi connectivity index (χ1v) is 6.53. The highest BCUT2D eigenvalue weighted by atomic mass is 35.5. The predicted molar refractivity (Wildman–Crippen MR) is 79.6 cm³/mol. The second-order valence-corrected chi connectivity index (χ2v) is 5.08. The van der Waals surface area contributed by atoms with Crippen molar-refractivity contribution in [2.75, 3.05) is 5.73 Å². The predicted octanol–water partition coefficient (Wildman–Crippen LogP) is 4.29. The Kier molecular flexibility index (Phi) is 3.34. The molecule has 0 aliphatic rings. The van der Waals surface area contributed by atoms with Crippen molar-refractivity contribution in [3.8, 4) is 22.8 Å². The van der Waals surface area contributed by atoms with Crippen LogP contribution in [0.3, 0.4) is 0 Å². The fourth-order valence-electron chi connectivity index (χ4n) is 1.79. The number of nitrogens with zero attached hydrogens (tertiary/aromatic N) is 2. The standard InChI is InChI=1S/C14H9Cl2N3O/c15-10-3-1-8(2-4-10)13-18-14(20-19-13)9-5-11(16)7-12(17)6-9/h1-7H,17H2. The number of hydrogen-bond donors (Lipinski definition) is 1. The van der Waals surface area contributed by atoms with E-state index in [4.69, 9.17) is 33.5 Å². The van der Waals surface area contributed by atoms with Crippen LogP contribution in [0.15, 0.2) is 47.0 Å². The van der Waals surface area contributed by atoms with Crippen LogP contribution in [0.25, 0.3) is 22.8 Å². The molecule has 2 aromatic carbocycles. The summed E-state index contributed by atoms with van der Waals surface area (Å²) in [5.41, 5.74) is 7.78. The summed E-state index contributed by atoms with van der Waals surface area (Å²) in [5.74, 6) is 0.847. The SMILES string of the molecule is Nc1cc(Cl)cc(-c2nc(-c3ccc(Cl)cc3)no2)c1. The third kappa shape index (κ3) is 2.61. The molecule has 0 aliphatic carbocycles. The third-order valence-electron chi connectivity index (χ3n) is 2.70. The molecule has 6 heteroatoms. The molecule has 0 saturated heterocycles. The number of aromatic nitrogens is 2. The zero-order valence-corrected chi connectivity index (χ0v) is 11.7. The van der Waals surface area contributed by atoms with Gasteiger partial charge < -0.3 is 10.3 Å². The molecule has 100 valence electrons. The number of hydrogen-bond acceptors (Lipinski definition) is 4. The summed E-state index contributed by atoms with van der Waals surface area (Å²) >= 11 is 11.8. The van der Waals surface area contributed by atoms with Crippen LogP contribution >= 0.6 is 23.2 Å². The van der Waals surface area contributed by atoms with Gasteiger partial charge in [-0.3, -0.25) is 0 Å². The summed E-state index contributed by atoms with van der Waals surface area (Å²) in [5, 5.41) is 5.11. The van der Waals surface area contributed by atoms with E-state index in [2.05, 4.69) is 10.1 Å². The molecule has 0 bridgehead atoms. The van der Waals surface area contributed by atoms with Gasteiger partial charge in [0.2, 0.25) is 5.82 Å². The second-order valence-electron chi connectivity index (χ2n) is 4.20. The lowest BCUT2D eigenvalue weighted by Crippen LogP contribution is -1.86. The molecule has 0 spiro atoms. The zero-order chi connectivity index (χ0) is 14.1. The number of benzene rings is 2. The summed E-state index contributed by atoms with van der Waals surface area (Å²) < 4.78 is 5.24. The van der Waals surface area contributed by atoms with Crippen LogP contribution in [-0.4, -0.2) is 10.1 Å². The van der Waals surface area contributed by atoms with Gasteiger partial charge in [-0.05, 0) is 42.5 Å². The Morgan fingerprint density at radius 2 is 1.65 bits per heavy atom. The summed E-state index contributed by atoms with van der Waals surface area (Å²) in [7, 11) is 0. The lowest BCUT2D eigenvalue weighted by molar-refractivity contribution is 0.432. The van der Waals surface area contributed by atoms with Crippen molar-refractivity contribution in [3.05, 3.63) is 52.5 Å². The van der Waals surface area contributed by atoms with Crippen LogP contribution in [0, 0.1) is 0 Å². The maximum Gasteiger partial charge on any atom is 0.258 e. The molecule has 1 aromatic heterocycles. The van der Waals surface area contributed by atoms with Crippen LogP contribution in [0.2, 0.25) is 10.0 Å². The Hall–Kier alpha value is -2.04. The van der Waals surface area contributed by atoms with E-state index in [1.165, 1.54) is 0 Å². The number of halogens is 2. The molecule has 0 fully saturated rings. The van der Waals surface area contributed by atoms with E-state index < -0.39 is 0 Å². The summed E-state index contributed by atoms with van der Waals surface area (Å²) in [6, 6.07) is 12.3. The Bertz CT molecular complexity index is 733. The third-order valence-corrected chi connectivity index (χ3v) is 3.17. The highest BCUT2D eigenvalue weighted by Crippen LogP contribution is 2.27. The largest absolute Gasteiger partial charge is 0.399 e. The van der Waals surface area contributed by atoms with Crippen molar-refractivity contribution >= 4 is 28.9 Å². The van der Waals surface area contributed by atoms with Crippen molar-refractivity contribution in [2.45, 2.75) is 0 Å². The molecule has 20 heavy (non-hydrogen) atoms. The first kappa shape index (κ1) is 13.0. The van der Waals surface area contributed by atoms with Crippen LogP contribution in [0.1, 0.15) is 0 Å². The molecule has 1 heterocycles. The highest BCUT2D eigenvalue weighted by Gasteiger charge is 2.11. The van der Waals surface area contributed by atoms with E-state index in [9.17, 15) is 0 Å². The van der Waals surface area contributed by atoms with Crippen molar-refractivity contribution < 1.29 is 4.52 Å². The van der Waals surface area contributed by atoms with E-state index >= 15 is 0 Å². The minimum Gasteiger partial charge on any atom is -0.399 e. The Morgan fingerprint density at radius 3 is 2.35 bits per heavy atom. The van der Waals surface area contributed by atoms with Crippen LogP contribution < -0.4 is 5.73 Å². The number of nitrogen functional groups attached to an aromatic ring is 1. The maximum absolute atomic E-state index is 5.96. The molecule has 0 amide bonds. The smallest absolute Gasteiger partial charge is 0.258 e. The van der Waals surface area contributed by atoms with Crippen LogP contribution in [0.5, 0.6) is 0 Å². The average molecular weight is 306 g/mol. The first-order valence-electron chi connectivity index (χ1n) is 5.78. The van der Waals surface area contributed by atoms with Gasteiger partial charge in [0.15, 0.2) is 0 Å². The lowest BCUT2D eigenvalue weighted by atomic mass is 10.2. The zero-order valence-electron chi connectivity index (χ0n) is 10.2. The molecule has 0 aliphatic heterocycles. The van der Waals surface area contributed by atoms with Crippen LogP contribution in [0.4, 0.5) is 5.69 Å². The number of rotatable bonds is 2. The monoisotopic (exact) mass is 305 g/mol. The summed E-state index contributed by atoms with van der Waals surface area (Å²) in [4.78, 5) is 4.33. The van der Waals surface area contributed by atoms with Gasteiger partial charge in [-0.2, -0.15) is 4.98 Å². The van der Waals surface area contributed by atoms with Gasteiger partial charge in [0.1, 0.15) is 0 Å². The molecule has 4 nitrogen and oxygen atoms in total. The molecule has 0 saturated carbocycles. The van der Waals surface area contributed by atoms with E-state index in [0.717, 1.165) is 5.56 Å². The number of nitrogens with two attached hydrogens (primary N) is 1. The summed E-state index contributed by atoms with van der Waals surface area (Å²) in [6.45, 7) is 0. The first-order chi connectivity index (χ1) is 9.61. The molecule has 0 atom stereocenters. The molecular formula is C14H9Cl2N3O. The lowest BCUT2D eigenvalue weighted by Gasteiger charge is -1.98. The van der Waals surface area contributed by atoms with Crippen molar-refractivity contribution in [1.29, 1.82) is 0 Å². The van der Waals surface area contributed by atoms with Crippen molar-refractivity contribution in [1.82, 2.24) is 10.1 Å². The van der Waals surface area contributed by atoms with Gasteiger partial charge in [-0.1, -0.05) is 28.4 Å². The van der Waals surface area contributed by atoms with Crippen molar-refractivity contribution in [3.63, 3.8) is 0 Å². The summed E-state index contributed by atoms with van der Waals surface area (Å²) in [6.07, 6.45) is 0. The maximum atomic E-state index is 5.96. The van der Waals surface area contributed by atoms with Gasteiger partial charge in [0.25, 0.3) is 5.89 Å². The van der Waals surface area contributed by atoms with E-state index in [-0.39, 0.29) is 0 Å². The van der Waals surface area contributed by atoms with Gasteiger partial charge >= 0.3 is 0 Å². The Labute approximate surface area is 125 Å². The fourth-order valence-corrected chi connectivity index (χ4v) is 2.16. The highest BCUT2D eigenvalue weighted by molar-refractivity contribution is 6.31. The Morgan fingerprint density at radius 1 is 0.900 bits per heavy atom. The molecule has 2 N–H and O–H groups in total. The van der Waals surface area contributed by atoms with Gasteiger partial charge in [-0.15, -0.1) is 0 Å². The van der Waals surface area contributed by atoms with Gasteiger partial charge in [0.05, 0.1) is 0 Å². The molecule has 0 radical (unpaired) electrons. The molecule has 3 aromatic rings. The van der Waals surface area contributed by atoms with Crippen LogP contribution in [-0.2, 0) is 0 Å². The normalized spacial score (nSPS) is 10.7. The number of anilines is 1. The minimum atomic E-state index is 0.365. The Balaban J connectivity index is 1.99. The average Bonchev–Trinajstić information content (AvgIpc) is 2.88. The van der Waals surface area contributed by atoms with E-state index in [1.807, 2.05) is 12.1 Å². The minimum absolute atomic E-state index is 0.365. The second kappa shape index (κ2) is 5.15. The molecular weight excluding hydrogens is 297 g/mol. The quantitative estimate of drug-likeness (QED) is 0.717. The van der Waals surface area contributed by atoms with Crippen molar-refractivity contribution in [2.24, 2.45) is 0 Å². The van der Waals surface area contributed by atoms with Gasteiger partial charge in [0, 0.05) is 26.9 Å². The van der Waals surface area contributed by atoms with E-state index in [1.54, 1.807) is 30.3 Å². The van der Waals surface area contributed by atoms with E-state index in [0.29, 0.717) is 33.0 Å². The fraction of sp³-hybridized carbons (Fsp3) is 0. The topological polar surface area (TPSA) is 64.9 Å². The van der Waals surface area contributed by atoms with Gasteiger partial charge in [-0.25, -0.2) is 0 Å². The molecule has 0 unspecified atom stereocenters.